The molecule has 0 aliphatic carbocycles. The van der Waals surface area contributed by atoms with Crippen LogP contribution in [-0.2, 0) is 10.0 Å². The third kappa shape index (κ3) is 3.92. The summed E-state index contributed by atoms with van der Waals surface area (Å²) in [5.74, 6) is 0.146. The Labute approximate surface area is 145 Å². The molecule has 0 heterocycles. The van der Waals surface area contributed by atoms with Crippen molar-refractivity contribution in [3.05, 3.63) is 56.0 Å². The SMILES string of the molecule is COc1ccc([N+](=O)[O-])cc1NS(=O)(=O)c1ccc(Br)cc1Cl. The van der Waals surface area contributed by atoms with E-state index in [9.17, 15) is 18.5 Å². The maximum absolute atomic E-state index is 12.4. The summed E-state index contributed by atoms with van der Waals surface area (Å²) in [5, 5.41) is 10.9. The zero-order valence-electron chi connectivity index (χ0n) is 11.6. The number of anilines is 1. The topological polar surface area (TPSA) is 98.5 Å². The predicted octanol–water partition coefficient (Wildman–Crippen LogP) is 3.82. The molecule has 0 amide bonds. The fourth-order valence-electron chi connectivity index (χ4n) is 1.78. The van der Waals surface area contributed by atoms with Gasteiger partial charge in [0.1, 0.15) is 10.6 Å². The number of methoxy groups -OCH3 is 1. The van der Waals surface area contributed by atoms with Crippen LogP contribution in [0.1, 0.15) is 0 Å². The Bertz CT molecular complexity index is 873. The molecule has 0 bridgehead atoms. The molecule has 0 aromatic heterocycles. The second kappa shape index (κ2) is 6.73. The molecule has 0 radical (unpaired) electrons. The average Bonchev–Trinajstić information content (AvgIpc) is 2.46. The lowest BCUT2D eigenvalue weighted by atomic mass is 10.2. The lowest BCUT2D eigenvalue weighted by Gasteiger charge is -2.12. The highest BCUT2D eigenvalue weighted by Crippen LogP contribution is 2.32. The number of non-ortho nitro benzene ring substituents is 1. The van der Waals surface area contributed by atoms with E-state index in [2.05, 4.69) is 20.7 Å². The minimum Gasteiger partial charge on any atom is -0.495 e. The summed E-state index contributed by atoms with van der Waals surface area (Å²) >= 11 is 9.13. The summed E-state index contributed by atoms with van der Waals surface area (Å²) in [6.07, 6.45) is 0. The van der Waals surface area contributed by atoms with E-state index in [1.54, 1.807) is 0 Å². The number of hydrogen-bond donors (Lipinski definition) is 1. The van der Waals surface area contributed by atoms with Crippen LogP contribution in [0, 0.1) is 10.1 Å². The first-order valence-corrected chi connectivity index (χ1v) is 8.70. The van der Waals surface area contributed by atoms with Gasteiger partial charge in [0, 0.05) is 16.6 Å². The smallest absolute Gasteiger partial charge is 0.271 e. The van der Waals surface area contributed by atoms with E-state index in [1.807, 2.05) is 0 Å². The van der Waals surface area contributed by atoms with E-state index < -0.39 is 14.9 Å². The first-order chi connectivity index (χ1) is 10.7. The monoisotopic (exact) mass is 420 g/mol. The normalized spacial score (nSPS) is 11.1. The number of nitrogens with one attached hydrogen (secondary N) is 1. The molecule has 0 aliphatic heterocycles. The largest absolute Gasteiger partial charge is 0.495 e. The van der Waals surface area contributed by atoms with Gasteiger partial charge in [0.25, 0.3) is 15.7 Å². The van der Waals surface area contributed by atoms with Crippen molar-refractivity contribution in [2.75, 3.05) is 11.8 Å². The zero-order valence-corrected chi connectivity index (χ0v) is 14.8. The van der Waals surface area contributed by atoms with Crippen molar-refractivity contribution in [3.63, 3.8) is 0 Å². The van der Waals surface area contributed by atoms with Crippen molar-refractivity contribution in [1.29, 1.82) is 0 Å². The van der Waals surface area contributed by atoms with Crippen LogP contribution in [0.2, 0.25) is 5.02 Å². The third-order valence-electron chi connectivity index (χ3n) is 2.82. The molecular weight excluding hydrogens is 412 g/mol. The number of sulfonamides is 1. The van der Waals surface area contributed by atoms with Gasteiger partial charge < -0.3 is 4.74 Å². The van der Waals surface area contributed by atoms with E-state index in [4.69, 9.17) is 16.3 Å². The number of benzene rings is 2. The van der Waals surface area contributed by atoms with Crippen molar-refractivity contribution in [1.82, 2.24) is 0 Å². The van der Waals surface area contributed by atoms with Crippen molar-refractivity contribution >= 4 is 48.9 Å². The fraction of sp³-hybridized carbons (Fsp3) is 0.0769. The quantitative estimate of drug-likeness (QED) is 0.584. The molecule has 0 aliphatic rings. The summed E-state index contributed by atoms with van der Waals surface area (Å²) in [5.41, 5.74) is -0.328. The van der Waals surface area contributed by atoms with Gasteiger partial charge in [0.05, 0.1) is 22.7 Å². The molecule has 0 fully saturated rings. The Hall–Kier alpha value is -1.84. The van der Waals surface area contributed by atoms with Crippen molar-refractivity contribution in [2.45, 2.75) is 4.90 Å². The molecule has 10 heteroatoms. The van der Waals surface area contributed by atoms with Crippen molar-refractivity contribution < 1.29 is 18.1 Å². The van der Waals surface area contributed by atoms with Gasteiger partial charge in [-0.15, -0.1) is 0 Å². The molecule has 7 nitrogen and oxygen atoms in total. The van der Waals surface area contributed by atoms with Crippen LogP contribution in [0.25, 0.3) is 0 Å². The molecule has 2 rings (SSSR count). The number of nitro groups is 1. The minimum atomic E-state index is -4.04. The standard InChI is InChI=1S/C13H10BrClN2O5S/c1-22-12-4-3-9(17(18)19)7-11(12)16-23(20,21)13-5-2-8(14)6-10(13)15/h2-7,16H,1H3. The first kappa shape index (κ1) is 17.5. The molecule has 1 N–H and O–H groups in total. The Morgan fingerprint density at radius 3 is 2.52 bits per heavy atom. The van der Waals surface area contributed by atoms with Crippen LogP contribution in [0.4, 0.5) is 11.4 Å². The Kier molecular flexibility index (Phi) is 5.12. The molecule has 0 atom stereocenters. The molecule has 0 saturated carbocycles. The van der Waals surface area contributed by atoms with Crippen LogP contribution in [-0.4, -0.2) is 20.5 Å². The molecule has 0 unspecified atom stereocenters. The fourth-order valence-corrected chi connectivity index (χ4v) is 3.88. The maximum atomic E-state index is 12.4. The highest BCUT2D eigenvalue weighted by atomic mass is 79.9. The van der Waals surface area contributed by atoms with Crippen LogP contribution >= 0.6 is 27.5 Å². The number of nitro benzene ring substituents is 1. The van der Waals surface area contributed by atoms with E-state index >= 15 is 0 Å². The molecule has 0 saturated heterocycles. The summed E-state index contributed by atoms with van der Waals surface area (Å²) in [7, 11) is -2.72. The molecule has 2 aromatic carbocycles. The molecular formula is C13H10BrClN2O5S. The number of rotatable bonds is 5. The van der Waals surface area contributed by atoms with Gasteiger partial charge in [-0.05, 0) is 24.3 Å². The van der Waals surface area contributed by atoms with Gasteiger partial charge in [0.15, 0.2) is 0 Å². The summed E-state index contributed by atoms with van der Waals surface area (Å²) in [6.45, 7) is 0. The number of ether oxygens (including phenoxy) is 1. The average molecular weight is 422 g/mol. The Balaban J connectivity index is 2.48. The van der Waals surface area contributed by atoms with E-state index in [1.165, 1.54) is 37.4 Å². The summed E-state index contributed by atoms with van der Waals surface area (Å²) in [6, 6.07) is 7.86. The molecule has 122 valence electrons. The van der Waals surface area contributed by atoms with Crippen molar-refractivity contribution in [2.24, 2.45) is 0 Å². The van der Waals surface area contributed by atoms with Gasteiger partial charge in [-0.2, -0.15) is 0 Å². The second-order valence-electron chi connectivity index (χ2n) is 4.32. The van der Waals surface area contributed by atoms with Gasteiger partial charge in [-0.1, -0.05) is 27.5 Å². The molecule has 2 aromatic rings. The zero-order chi connectivity index (χ0) is 17.2. The van der Waals surface area contributed by atoms with Crippen LogP contribution < -0.4 is 9.46 Å². The predicted molar refractivity (Wildman–Crippen MR) is 89.6 cm³/mol. The van der Waals surface area contributed by atoms with E-state index in [0.29, 0.717) is 4.47 Å². The summed E-state index contributed by atoms with van der Waals surface area (Å²) in [4.78, 5) is 10.0. The highest BCUT2D eigenvalue weighted by Gasteiger charge is 2.21. The third-order valence-corrected chi connectivity index (χ3v) is 5.16. The van der Waals surface area contributed by atoms with E-state index in [0.717, 1.165) is 6.07 Å². The van der Waals surface area contributed by atoms with Crippen molar-refractivity contribution in [3.8, 4) is 5.75 Å². The van der Waals surface area contributed by atoms with Crippen LogP contribution in [0.15, 0.2) is 45.8 Å². The second-order valence-corrected chi connectivity index (χ2v) is 7.30. The van der Waals surface area contributed by atoms with Gasteiger partial charge in [-0.25, -0.2) is 8.42 Å². The lowest BCUT2D eigenvalue weighted by molar-refractivity contribution is -0.384. The first-order valence-electron chi connectivity index (χ1n) is 6.05. The van der Waals surface area contributed by atoms with Gasteiger partial charge in [0.2, 0.25) is 0 Å². The van der Waals surface area contributed by atoms with Gasteiger partial charge >= 0.3 is 0 Å². The van der Waals surface area contributed by atoms with Crippen LogP contribution in [0.5, 0.6) is 5.75 Å². The molecule has 0 spiro atoms. The highest BCUT2D eigenvalue weighted by molar-refractivity contribution is 9.10. The number of nitrogens with zero attached hydrogens (tertiary/aromatic N) is 1. The molecule has 23 heavy (non-hydrogen) atoms. The maximum Gasteiger partial charge on any atom is 0.271 e. The Morgan fingerprint density at radius 2 is 1.96 bits per heavy atom. The Morgan fingerprint density at radius 1 is 1.26 bits per heavy atom. The van der Waals surface area contributed by atoms with Gasteiger partial charge in [-0.3, -0.25) is 14.8 Å². The van der Waals surface area contributed by atoms with Crippen LogP contribution in [0.3, 0.4) is 0 Å². The van der Waals surface area contributed by atoms with E-state index in [-0.39, 0.29) is 27.0 Å². The number of halogens is 2. The minimum absolute atomic E-state index is 0.0104. The summed E-state index contributed by atoms with van der Waals surface area (Å²) < 4.78 is 32.8. The number of hydrogen-bond acceptors (Lipinski definition) is 5. The lowest BCUT2D eigenvalue weighted by Crippen LogP contribution is -2.14.